The normalized spacial score (nSPS) is 12.8. The van der Waals surface area contributed by atoms with Gasteiger partial charge in [-0.3, -0.25) is 9.59 Å². The van der Waals surface area contributed by atoms with E-state index >= 15 is 0 Å². The first-order valence-corrected chi connectivity index (χ1v) is 11.7. The van der Waals surface area contributed by atoms with Gasteiger partial charge in [0.05, 0.1) is 0 Å². The van der Waals surface area contributed by atoms with Crippen molar-refractivity contribution in [3.8, 4) is 11.1 Å². The van der Waals surface area contributed by atoms with Crippen molar-refractivity contribution in [1.29, 1.82) is 0 Å². The van der Waals surface area contributed by atoms with E-state index in [1.54, 1.807) is 0 Å². The topological polar surface area (TPSA) is 111 Å². The first-order valence-electron chi connectivity index (χ1n) is 11.7. The third-order valence-electron chi connectivity index (χ3n) is 6.18. The molecule has 1 aliphatic carbocycles. The maximum atomic E-state index is 12.8. The minimum atomic E-state index is -0.839. The predicted molar refractivity (Wildman–Crippen MR) is 133 cm³/mol. The van der Waals surface area contributed by atoms with Crippen LogP contribution in [0, 0.1) is 0 Å². The van der Waals surface area contributed by atoms with Gasteiger partial charge in [-0.05, 0) is 40.7 Å². The first kappa shape index (κ1) is 24.0. The molecule has 3 amide bonds. The molecule has 0 heterocycles. The highest BCUT2D eigenvalue weighted by atomic mass is 16.5. The summed E-state index contributed by atoms with van der Waals surface area (Å²) in [6.07, 6.45) is 0.108. The zero-order valence-electron chi connectivity index (χ0n) is 19.4. The molecule has 0 radical (unpaired) electrons. The Morgan fingerprint density at radius 1 is 0.857 bits per heavy atom. The zero-order valence-corrected chi connectivity index (χ0v) is 19.4. The Morgan fingerprint density at radius 2 is 1.46 bits per heavy atom. The van der Waals surface area contributed by atoms with Gasteiger partial charge in [0.25, 0.3) is 0 Å². The zero-order chi connectivity index (χ0) is 24.6. The average molecular weight is 472 g/mol. The van der Waals surface area contributed by atoms with Crippen molar-refractivity contribution < 1.29 is 19.1 Å². The Bertz CT molecular complexity index is 1150. The number of carbonyl (C=O) groups excluding carboxylic acids is 3. The molecule has 7 nitrogen and oxygen atoms in total. The lowest BCUT2D eigenvalue weighted by molar-refractivity contribution is -0.124. The summed E-state index contributed by atoms with van der Waals surface area (Å²) in [5.74, 6) is -0.866. The molecule has 35 heavy (non-hydrogen) atoms. The largest absolute Gasteiger partial charge is 0.449 e. The van der Waals surface area contributed by atoms with Crippen LogP contribution in [0.15, 0.2) is 78.9 Å². The molecular weight excluding hydrogens is 442 g/mol. The lowest BCUT2D eigenvalue weighted by Gasteiger charge is -2.20. The van der Waals surface area contributed by atoms with Crippen LogP contribution in [0.2, 0.25) is 0 Å². The maximum absolute atomic E-state index is 12.8. The van der Waals surface area contributed by atoms with Crippen molar-refractivity contribution in [3.63, 3.8) is 0 Å². The molecule has 180 valence electrons. The van der Waals surface area contributed by atoms with E-state index in [1.807, 2.05) is 66.7 Å². The van der Waals surface area contributed by atoms with Crippen LogP contribution in [0.5, 0.6) is 0 Å². The fraction of sp³-hybridized carbons (Fsp3) is 0.250. The van der Waals surface area contributed by atoms with Crippen LogP contribution < -0.4 is 16.4 Å². The molecular formula is C28H29N3O4. The summed E-state index contributed by atoms with van der Waals surface area (Å²) in [5, 5.41) is 5.51. The first-order chi connectivity index (χ1) is 17.0. The molecule has 0 spiro atoms. The third kappa shape index (κ3) is 6.06. The molecule has 4 rings (SSSR count). The Labute approximate surface area is 204 Å². The highest BCUT2D eigenvalue weighted by Gasteiger charge is 2.29. The lowest BCUT2D eigenvalue weighted by atomic mass is 9.98. The summed E-state index contributed by atoms with van der Waals surface area (Å²) in [5.41, 5.74) is 10.7. The van der Waals surface area contributed by atoms with Crippen molar-refractivity contribution in [1.82, 2.24) is 10.6 Å². The number of hydrogen-bond acceptors (Lipinski definition) is 4. The van der Waals surface area contributed by atoms with E-state index in [9.17, 15) is 14.4 Å². The Hall–Kier alpha value is -4.13. The summed E-state index contributed by atoms with van der Waals surface area (Å²) >= 11 is 0. The molecule has 3 aromatic carbocycles. The van der Waals surface area contributed by atoms with Gasteiger partial charge in [0.1, 0.15) is 12.6 Å². The summed E-state index contributed by atoms with van der Waals surface area (Å²) in [6, 6.07) is 24.8. The molecule has 1 atom stereocenters. The Balaban J connectivity index is 1.38. The molecule has 0 saturated heterocycles. The SMILES string of the molecule is NC(=O)CCC[C@H](NC(=O)OCC1c2ccccc2-c2ccccc21)C(=O)NCc1ccccc1. The number of hydrogen-bond donors (Lipinski definition) is 3. The fourth-order valence-electron chi connectivity index (χ4n) is 4.44. The van der Waals surface area contributed by atoms with Gasteiger partial charge in [-0.15, -0.1) is 0 Å². The van der Waals surface area contributed by atoms with Crippen molar-refractivity contribution in [3.05, 3.63) is 95.6 Å². The number of nitrogens with one attached hydrogen (secondary N) is 2. The second kappa shape index (κ2) is 11.3. The van der Waals surface area contributed by atoms with E-state index in [-0.39, 0.29) is 31.3 Å². The predicted octanol–water partition coefficient (Wildman–Crippen LogP) is 3.87. The number of benzene rings is 3. The molecule has 1 aliphatic rings. The molecule has 0 fully saturated rings. The van der Waals surface area contributed by atoms with Gasteiger partial charge in [0.2, 0.25) is 11.8 Å². The maximum Gasteiger partial charge on any atom is 0.407 e. The van der Waals surface area contributed by atoms with Gasteiger partial charge in [-0.25, -0.2) is 4.79 Å². The van der Waals surface area contributed by atoms with E-state index in [1.165, 1.54) is 0 Å². The molecule has 0 aromatic heterocycles. The van der Waals surface area contributed by atoms with Crippen molar-refractivity contribution in [2.45, 2.75) is 37.8 Å². The summed E-state index contributed by atoms with van der Waals surface area (Å²) < 4.78 is 5.59. The molecule has 4 N–H and O–H groups in total. The van der Waals surface area contributed by atoms with Crippen molar-refractivity contribution >= 4 is 17.9 Å². The van der Waals surface area contributed by atoms with Gasteiger partial charge >= 0.3 is 6.09 Å². The van der Waals surface area contributed by atoms with Crippen LogP contribution >= 0.6 is 0 Å². The van der Waals surface area contributed by atoms with Gasteiger partial charge in [0, 0.05) is 18.9 Å². The van der Waals surface area contributed by atoms with Crippen LogP contribution in [0.25, 0.3) is 11.1 Å². The number of primary amides is 1. The Kier molecular flexibility index (Phi) is 7.77. The fourth-order valence-corrected chi connectivity index (χ4v) is 4.44. The van der Waals surface area contributed by atoms with Crippen LogP contribution in [0.4, 0.5) is 4.79 Å². The third-order valence-corrected chi connectivity index (χ3v) is 6.18. The number of fused-ring (bicyclic) bond motifs is 3. The molecule has 0 aliphatic heterocycles. The molecule has 3 aromatic rings. The van der Waals surface area contributed by atoms with E-state index in [0.29, 0.717) is 13.0 Å². The van der Waals surface area contributed by atoms with E-state index in [0.717, 1.165) is 27.8 Å². The molecule has 0 bridgehead atoms. The molecule has 7 heteroatoms. The second-order valence-electron chi connectivity index (χ2n) is 8.58. The van der Waals surface area contributed by atoms with Crippen molar-refractivity contribution in [2.24, 2.45) is 5.73 Å². The van der Waals surface area contributed by atoms with E-state index < -0.39 is 18.0 Å². The van der Waals surface area contributed by atoms with E-state index in [4.69, 9.17) is 10.5 Å². The van der Waals surface area contributed by atoms with E-state index in [2.05, 4.69) is 22.8 Å². The molecule has 0 unspecified atom stereocenters. The quantitative estimate of drug-likeness (QED) is 0.417. The van der Waals surface area contributed by atoms with Gasteiger partial charge in [-0.1, -0.05) is 78.9 Å². The van der Waals surface area contributed by atoms with Crippen LogP contribution in [-0.2, 0) is 20.9 Å². The van der Waals surface area contributed by atoms with Crippen LogP contribution in [-0.4, -0.2) is 30.6 Å². The monoisotopic (exact) mass is 471 g/mol. The van der Waals surface area contributed by atoms with Crippen molar-refractivity contribution in [2.75, 3.05) is 6.61 Å². The summed E-state index contributed by atoms with van der Waals surface area (Å²) in [4.78, 5) is 36.7. The van der Waals surface area contributed by atoms with Crippen LogP contribution in [0.1, 0.15) is 41.9 Å². The number of nitrogens with two attached hydrogens (primary N) is 1. The number of ether oxygens (including phenoxy) is 1. The van der Waals surface area contributed by atoms with Gasteiger partial charge in [0.15, 0.2) is 0 Å². The average Bonchev–Trinajstić information content (AvgIpc) is 3.19. The highest BCUT2D eigenvalue weighted by Crippen LogP contribution is 2.44. The van der Waals surface area contributed by atoms with Gasteiger partial charge in [-0.2, -0.15) is 0 Å². The minimum absolute atomic E-state index is 0.0756. The molecule has 0 saturated carbocycles. The number of carbonyl (C=O) groups is 3. The number of rotatable bonds is 10. The summed E-state index contributed by atoms with van der Waals surface area (Å²) in [6.45, 7) is 0.484. The van der Waals surface area contributed by atoms with Crippen LogP contribution in [0.3, 0.4) is 0 Å². The smallest absolute Gasteiger partial charge is 0.407 e. The Morgan fingerprint density at radius 3 is 2.09 bits per heavy atom. The van der Waals surface area contributed by atoms with Gasteiger partial charge < -0.3 is 21.1 Å². The standard InChI is InChI=1S/C28H29N3O4/c29-26(32)16-8-15-25(27(33)30-17-19-9-2-1-3-10-19)31-28(34)35-18-24-22-13-6-4-11-20(22)21-12-5-7-14-23(21)24/h1-7,9-14,24-25H,8,15-18H2,(H2,29,32)(H,30,33)(H,31,34)/t25-/m0/s1. The number of alkyl carbamates (subject to hydrolysis) is 1. The second-order valence-corrected chi connectivity index (χ2v) is 8.58. The number of amides is 3. The lowest BCUT2D eigenvalue weighted by Crippen LogP contribution is -2.47. The highest BCUT2D eigenvalue weighted by molar-refractivity contribution is 5.86. The summed E-state index contributed by atoms with van der Waals surface area (Å²) in [7, 11) is 0. The minimum Gasteiger partial charge on any atom is -0.449 e.